The maximum atomic E-state index is 13.2. The predicted octanol–water partition coefficient (Wildman–Crippen LogP) is 3.78. The fraction of sp³-hybridized carbons (Fsp3) is 0.647. The molecule has 3 heteroatoms. The van der Waals surface area contributed by atoms with Gasteiger partial charge in [0.1, 0.15) is 5.82 Å². The van der Waals surface area contributed by atoms with Crippen molar-refractivity contribution in [2.75, 3.05) is 26.8 Å². The van der Waals surface area contributed by atoms with Crippen LogP contribution in [0.4, 0.5) is 4.39 Å². The van der Waals surface area contributed by atoms with E-state index in [1.54, 1.807) is 19.2 Å². The van der Waals surface area contributed by atoms with Crippen molar-refractivity contribution in [3.63, 3.8) is 0 Å². The molecular formula is C17H28FNO. The van der Waals surface area contributed by atoms with Gasteiger partial charge >= 0.3 is 0 Å². The maximum Gasteiger partial charge on any atom is 0.123 e. The minimum Gasteiger partial charge on any atom is -0.383 e. The van der Waals surface area contributed by atoms with Crippen molar-refractivity contribution >= 4 is 0 Å². The van der Waals surface area contributed by atoms with Gasteiger partial charge in [0.25, 0.3) is 0 Å². The van der Waals surface area contributed by atoms with E-state index in [1.165, 1.54) is 31.2 Å². The van der Waals surface area contributed by atoms with Crippen LogP contribution in [0.15, 0.2) is 12.1 Å². The molecule has 20 heavy (non-hydrogen) atoms. The van der Waals surface area contributed by atoms with Gasteiger partial charge in [-0.05, 0) is 68.5 Å². The van der Waals surface area contributed by atoms with Crippen molar-refractivity contribution in [1.29, 1.82) is 0 Å². The van der Waals surface area contributed by atoms with Crippen LogP contribution < -0.4 is 5.32 Å². The second-order valence-corrected chi connectivity index (χ2v) is 5.43. The van der Waals surface area contributed by atoms with Gasteiger partial charge in [0.05, 0.1) is 6.61 Å². The number of aryl methyl sites for hydroxylation is 2. The van der Waals surface area contributed by atoms with Gasteiger partial charge in [-0.25, -0.2) is 4.39 Å². The molecule has 1 aromatic carbocycles. The molecule has 0 heterocycles. The Bertz CT molecular complexity index is 370. The lowest BCUT2D eigenvalue weighted by atomic mass is 9.97. The zero-order valence-corrected chi connectivity index (χ0v) is 13.1. The first-order chi connectivity index (χ1) is 9.65. The summed E-state index contributed by atoms with van der Waals surface area (Å²) in [6.07, 6.45) is 5.95. The van der Waals surface area contributed by atoms with Gasteiger partial charge in [0.2, 0.25) is 0 Å². The van der Waals surface area contributed by atoms with Crippen molar-refractivity contribution in [2.24, 2.45) is 0 Å². The van der Waals surface area contributed by atoms with Gasteiger partial charge in [0, 0.05) is 13.7 Å². The van der Waals surface area contributed by atoms with Gasteiger partial charge in [-0.15, -0.1) is 0 Å². The number of unbranched alkanes of at least 4 members (excludes halogenated alkanes) is 3. The Balaban J connectivity index is 2.13. The Morgan fingerprint density at radius 1 is 1.00 bits per heavy atom. The van der Waals surface area contributed by atoms with Crippen LogP contribution in [0.1, 0.15) is 42.4 Å². The Hall–Kier alpha value is -0.930. The van der Waals surface area contributed by atoms with E-state index in [2.05, 4.69) is 5.32 Å². The lowest BCUT2D eigenvalue weighted by Gasteiger charge is -2.10. The molecule has 0 aliphatic heterocycles. The normalized spacial score (nSPS) is 11.0. The monoisotopic (exact) mass is 281 g/mol. The number of methoxy groups -OCH3 is 1. The number of halogens is 1. The molecule has 0 radical (unpaired) electrons. The van der Waals surface area contributed by atoms with Crippen molar-refractivity contribution in [2.45, 2.75) is 46.0 Å². The molecule has 0 amide bonds. The van der Waals surface area contributed by atoms with E-state index >= 15 is 0 Å². The number of ether oxygens (including phenoxy) is 1. The van der Waals surface area contributed by atoms with Crippen LogP contribution in [0.3, 0.4) is 0 Å². The number of hydrogen-bond acceptors (Lipinski definition) is 2. The topological polar surface area (TPSA) is 21.3 Å². The Morgan fingerprint density at radius 2 is 1.65 bits per heavy atom. The summed E-state index contributed by atoms with van der Waals surface area (Å²) >= 11 is 0. The molecule has 114 valence electrons. The summed E-state index contributed by atoms with van der Waals surface area (Å²) in [5.74, 6) is -0.120. The van der Waals surface area contributed by atoms with E-state index in [0.717, 1.165) is 37.2 Å². The highest BCUT2D eigenvalue weighted by atomic mass is 19.1. The molecule has 1 aromatic rings. The minimum atomic E-state index is -0.120. The van der Waals surface area contributed by atoms with E-state index < -0.39 is 0 Å². The number of nitrogens with one attached hydrogen (secondary N) is 1. The molecule has 0 saturated heterocycles. The highest BCUT2D eigenvalue weighted by molar-refractivity contribution is 5.34. The zero-order valence-electron chi connectivity index (χ0n) is 13.1. The van der Waals surface area contributed by atoms with Crippen LogP contribution in [0.5, 0.6) is 0 Å². The Kier molecular flexibility index (Phi) is 8.47. The molecule has 1 N–H and O–H groups in total. The van der Waals surface area contributed by atoms with Gasteiger partial charge in [-0.2, -0.15) is 0 Å². The highest BCUT2D eigenvalue weighted by Crippen LogP contribution is 2.18. The van der Waals surface area contributed by atoms with Crippen LogP contribution in [0.25, 0.3) is 0 Å². The predicted molar refractivity (Wildman–Crippen MR) is 82.8 cm³/mol. The van der Waals surface area contributed by atoms with E-state index in [4.69, 9.17) is 4.74 Å². The molecule has 0 bridgehead atoms. The summed E-state index contributed by atoms with van der Waals surface area (Å²) in [6, 6.07) is 3.28. The Labute approximate surface area is 122 Å². The molecule has 0 saturated carbocycles. The highest BCUT2D eigenvalue weighted by Gasteiger charge is 2.04. The van der Waals surface area contributed by atoms with Gasteiger partial charge < -0.3 is 10.1 Å². The number of benzene rings is 1. The lowest BCUT2D eigenvalue weighted by molar-refractivity contribution is 0.199. The van der Waals surface area contributed by atoms with Gasteiger partial charge in [-0.3, -0.25) is 0 Å². The number of hydrogen-bond donors (Lipinski definition) is 1. The van der Waals surface area contributed by atoms with Gasteiger partial charge in [0.15, 0.2) is 0 Å². The summed E-state index contributed by atoms with van der Waals surface area (Å²) in [5, 5.41) is 3.35. The molecule has 1 rings (SSSR count). The molecule has 0 fully saturated rings. The fourth-order valence-electron chi connectivity index (χ4n) is 2.54. The van der Waals surface area contributed by atoms with E-state index in [0.29, 0.717) is 0 Å². The molecule has 0 aliphatic carbocycles. The number of rotatable bonds is 10. The van der Waals surface area contributed by atoms with E-state index in [-0.39, 0.29) is 5.82 Å². The largest absolute Gasteiger partial charge is 0.383 e. The van der Waals surface area contributed by atoms with Crippen LogP contribution in [0.2, 0.25) is 0 Å². The van der Waals surface area contributed by atoms with Crippen LogP contribution in [-0.2, 0) is 11.2 Å². The summed E-state index contributed by atoms with van der Waals surface area (Å²) in [7, 11) is 1.72. The zero-order chi connectivity index (χ0) is 14.8. The lowest BCUT2D eigenvalue weighted by Crippen LogP contribution is -2.20. The van der Waals surface area contributed by atoms with Crippen molar-refractivity contribution < 1.29 is 9.13 Å². The average Bonchev–Trinajstić information content (AvgIpc) is 2.39. The Morgan fingerprint density at radius 3 is 2.30 bits per heavy atom. The first kappa shape index (κ1) is 17.1. The van der Waals surface area contributed by atoms with Crippen LogP contribution in [0, 0.1) is 19.7 Å². The standard InChI is InChI=1S/C17H28FNO/c1-14-12-16(18)13-15(2)17(14)8-6-4-5-7-9-19-10-11-20-3/h12-13,19H,4-11H2,1-3H3. The van der Waals surface area contributed by atoms with Crippen LogP contribution in [-0.4, -0.2) is 26.8 Å². The fourth-order valence-corrected chi connectivity index (χ4v) is 2.54. The van der Waals surface area contributed by atoms with E-state index in [1.807, 2.05) is 13.8 Å². The quantitative estimate of drug-likeness (QED) is 0.659. The molecule has 2 nitrogen and oxygen atoms in total. The first-order valence-corrected chi connectivity index (χ1v) is 7.60. The average molecular weight is 281 g/mol. The molecule has 0 aromatic heterocycles. The molecular weight excluding hydrogens is 253 g/mol. The summed E-state index contributed by atoms with van der Waals surface area (Å²) in [6.45, 7) is 6.79. The maximum absolute atomic E-state index is 13.2. The van der Waals surface area contributed by atoms with Crippen molar-refractivity contribution in [3.05, 3.63) is 34.6 Å². The summed E-state index contributed by atoms with van der Waals surface area (Å²) in [4.78, 5) is 0. The SMILES string of the molecule is COCCNCCCCCCc1c(C)cc(F)cc1C. The van der Waals surface area contributed by atoms with Crippen molar-refractivity contribution in [3.8, 4) is 0 Å². The second-order valence-electron chi connectivity index (χ2n) is 5.43. The van der Waals surface area contributed by atoms with Crippen molar-refractivity contribution in [1.82, 2.24) is 5.32 Å². The second kappa shape index (κ2) is 9.89. The molecule has 0 aliphatic rings. The summed E-state index contributed by atoms with van der Waals surface area (Å²) < 4.78 is 18.2. The molecule has 0 spiro atoms. The third-order valence-electron chi connectivity index (χ3n) is 3.67. The van der Waals surface area contributed by atoms with Gasteiger partial charge in [-0.1, -0.05) is 12.8 Å². The first-order valence-electron chi connectivity index (χ1n) is 7.60. The third-order valence-corrected chi connectivity index (χ3v) is 3.67. The van der Waals surface area contributed by atoms with Crippen LogP contribution >= 0.6 is 0 Å². The smallest absolute Gasteiger partial charge is 0.123 e. The van der Waals surface area contributed by atoms with E-state index in [9.17, 15) is 4.39 Å². The summed E-state index contributed by atoms with van der Waals surface area (Å²) in [5.41, 5.74) is 3.50. The molecule has 0 atom stereocenters. The third kappa shape index (κ3) is 6.49. The minimum absolute atomic E-state index is 0.120. The molecule has 0 unspecified atom stereocenters.